The Morgan fingerprint density at radius 3 is 3.07 bits per heavy atom. The average Bonchev–Trinajstić information content (AvgIpc) is 2.70. The van der Waals surface area contributed by atoms with Crippen molar-refractivity contribution >= 4 is 32.9 Å². The van der Waals surface area contributed by atoms with E-state index in [1.54, 1.807) is 12.3 Å². The minimum atomic E-state index is -0.381. The quantitative estimate of drug-likeness (QED) is 0.672. The number of aromatic amines is 1. The first-order valence-electron chi connectivity index (χ1n) is 4.36. The Morgan fingerprint density at radius 1 is 1.60 bits per heavy atom. The second kappa shape index (κ2) is 4.02. The van der Waals surface area contributed by atoms with Gasteiger partial charge in [-0.2, -0.15) is 0 Å². The number of pyridine rings is 1. The molecule has 1 N–H and O–H groups in total. The molecule has 0 aromatic carbocycles. The summed E-state index contributed by atoms with van der Waals surface area (Å²) >= 11 is 3.35. The number of esters is 1. The number of hydrogen-bond donors (Lipinski definition) is 1. The molecule has 0 bridgehead atoms. The molecular formula is C10H9BrN2O2. The van der Waals surface area contributed by atoms with Crippen LogP contribution in [-0.2, 0) is 10.1 Å². The molecule has 0 aliphatic rings. The van der Waals surface area contributed by atoms with Crippen molar-refractivity contribution in [2.24, 2.45) is 0 Å². The van der Waals surface area contributed by atoms with Gasteiger partial charge in [0, 0.05) is 16.9 Å². The molecule has 0 unspecified atom stereocenters. The van der Waals surface area contributed by atoms with Gasteiger partial charge in [-0.05, 0) is 17.7 Å². The lowest BCUT2D eigenvalue weighted by molar-refractivity contribution is 0.0595. The van der Waals surface area contributed by atoms with Gasteiger partial charge in [0.1, 0.15) is 11.3 Å². The summed E-state index contributed by atoms with van der Waals surface area (Å²) in [4.78, 5) is 18.3. The van der Waals surface area contributed by atoms with E-state index in [0.29, 0.717) is 11.3 Å². The molecule has 2 heterocycles. The number of methoxy groups -OCH3 is 1. The first kappa shape index (κ1) is 10.2. The zero-order valence-electron chi connectivity index (χ0n) is 8.08. The molecule has 78 valence electrons. The highest BCUT2D eigenvalue weighted by atomic mass is 79.9. The van der Waals surface area contributed by atoms with Gasteiger partial charge < -0.3 is 9.72 Å². The molecule has 0 saturated carbocycles. The Hall–Kier alpha value is -1.36. The Morgan fingerprint density at radius 2 is 2.40 bits per heavy atom. The number of nitrogens with one attached hydrogen (secondary N) is 1. The van der Waals surface area contributed by atoms with Crippen LogP contribution >= 0.6 is 15.9 Å². The highest BCUT2D eigenvalue weighted by Crippen LogP contribution is 2.16. The van der Waals surface area contributed by atoms with Gasteiger partial charge in [-0.1, -0.05) is 15.9 Å². The third-order valence-electron chi connectivity index (χ3n) is 2.09. The Balaban J connectivity index is 2.51. The van der Waals surface area contributed by atoms with Crippen molar-refractivity contribution in [3.63, 3.8) is 0 Å². The topological polar surface area (TPSA) is 55.0 Å². The first-order chi connectivity index (χ1) is 7.24. The van der Waals surface area contributed by atoms with Crippen LogP contribution in [-0.4, -0.2) is 23.0 Å². The van der Waals surface area contributed by atoms with Crippen LogP contribution in [0.1, 0.15) is 16.1 Å². The van der Waals surface area contributed by atoms with Gasteiger partial charge in [-0.25, -0.2) is 9.78 Å². The third kappa shape index (κ3) is 1.87. The molecule has 0 amide bonds. The maximum absolute atomic E-state index is 11.2. The summed E-state index contributed by atoms with van der Waals surface area (Å²) in [6.45, 7) is 0. The van der Waals surface area contributed by atoms with Gasteiger partial charge in [0.2, 0.25) is 0 Å². The molecule has 4 nitrogen and oxygen atoms in total. The van der Waals surface area contributed by atoms with E-state index in [1.165, 1.54) is 7.11 Å². The number of nitrogens with zero attached hydrogens (tertiary/aromatic N) is 1. The molecule has 0 atom stereocenters. The Labute approximate surface area is 94.8 Å². The van der Waals surface area contributed by atoms with Crippen molar-refractivity contribution in [1.29, 1.82) is 0 Å². The predicted octanol–water partition coefficient (Wildman–Crippen LogP) is 2.24. The number of carbonyl (C=O) groups excluding carboxylic acids is 1. The predicted molar refractivity (Wildman–Crippen MR) is 60.1 cm³/mol. The average molecular weight is 269 g/mol. The van der Waals surface area contributed by atoms with Crippen LogP contribution in [0.2, 0.25) is 0 Å². The monoisotopic (exact) mass is 268 g/mol. The van der Waals surface area contributed by atoms with E-state index in [0.717, 1.165) is 16.3 Å². The summed E-state index contributed by atoms with van der Waals surface area (Å²) in [6.07, 6.45) is 1.76. The SMILES string of the molecule is COC(=O)c1cc2cc(CBr)cnc2[nH]1. The fraction of sp³-hybridized carbons (Fsp3) is 0.200. The van der Waals surface area contributed by atoms with Crippen LogP contribution in [0.25, 0.3) is 11.0 Å². The van der Waals surface area contributed by atoms with Gasteiger partial charge >= 0.3 is 5.97 Å². The van der Waals surface area contributed by atoms with Crippen LogP contribution in [0.4, 0.5) is 0 Å². The number of hydrogen-bond acceptors (Lipinski definition) is 3. The second-order valence-electron chi connectivity index (χ2n) is 3.09. The number of H-pyrrole nitrogens is 1. The van der Waals surface area contributed by atoms with E-state index in [2.05, 4.69) is 30.6 Å². The largest absolute Gasteiger partial charge is 0.464 e. The van der Waals surface area contributed by atoms with Crippen LogP contribution in [0.5, 0.6) is 0 Å². The molecular weight excluding hydrogens is 260 g/mol. The smallest absolute Gasteiger partial charge is 0.354 e. The molecule has 2 rings (SSSR count). The van der Waals surface area contributed by atoms with Crippen molar-refractivity contribution < 1.29 is 9.53 Å². The van der Waals surface area contributed by atoms with E-state index >= 15 is 0 Å². The van der Waals surface area contributed by atoms with Crippen molar-refractivity contribution in [2.75, 3.05) is 7.11 Å². The fourth-order valence-corrected chi connectivity index (χ4v) is 1.66. The lowest BCUT2D eigenvalue weighted by Crippen LogP contribution is -2.00. The van der Waals surface area contributed by atoms with Crippen molar-refractivity contribution in [1.82, 2.24) is 9.97 Å². The van der Waals surface area contributed by atoms with Gasteiger partial charge in [0.25, 0.3) is 0 Å². The fourth-order valence-electron chi connectivity index (χ4n) is 1.35. The summed E-state index contributed by atoms with van der Waals surface area (Å²) in [5.74, 6) is -0.381. The summed E-state index contributed by atoms with van der Waals surface area (Å²) in [5, 5.41) is 1.65. The Kier molecular flexibility index (Phi) is 2.73. The number of aromatic nitrogens is 2. The van der Waals surface area contributed by atoms with Crippen LogP contribution in [0.15, 0.2) is 18.3 Å². The van der Waals surface area contributed by atoms with Gasteiger partial charge in [0.05, 0.1) is 7.11 Å². The number of carbonyl (C=O) groups is 1. The number of ether oxygens (including phenoxy) is 1. The van der Waals surface area contributed by atoms with Gasteiger partial charge in [-0.15, -0.1) is 0 Å². The maximum atomic E-state index is 11.2. The lowest BCUT2D eigenvalue weighted by atomic mass is 10.2. The maximum Gasteiger partial charge on any atom is 0.354 e. The molecule has 0 radical (unpaired) electrons. The van der Waals surface area contributed by atoms with E-state index in [4.69, 9.17) is 0 Å². The summed E-state index contributed by atoms with van der Waals surface area (Å²) < 4.78 is 4.62. The van der Waals surface area contributed by atoms with E-state index in [-0.39, 0.29) is 5.97 Å². The minimum absolute atomic E-state index is 0.381. The molecule has 0 aliphatic carbocycles. The summed E-state index contributed by atoms with van der Waals surface area (Å²) in [5.41, 5.74) is 2.18. The number of fused-ring (bicyclic) bond motifs is 1. The van der Waals surface area contributed by atoms with Gasteiger partial charge in [0.15, 0.2) is 0 Å². The molecule has 2 aromatic rings. The van der Waals surface area contributed by atoms with E-state index in [1.807, 2.05) is 6.07 Å². The minimum Gasteiger partial charge on any atom is -0.464 e. The molecule has 2 aromatic heterocycles. The van der Waals surface area contributed by atoms with Crippen LogP contribution < -0.4 is 0 Å². The van der Waals surface area contributed by atoms with Crippen molar-refractivity contribution in [3.05, 3.63) is 29.6 Å². The zero-order valence-corrected chi connectivity index (χ0v) is 9.67. The van der Waals surface area contributed by atoms with Crippen LogP contribution in [0.3, 0.4) is 0 Å². The number of alkyl halides is 1. The van der Waals surface area contributed by atoms with Gasteiger partial charge in [-0.3, -0.25) is 0 Å². The van der Waals surface area contributed by atoms with E-state index < -0.39 is 0 Å². The highest BCUT2D eigenvalue weighted by molar-refractivity contribution is 9.08. The number of rotatable bonds is 2. The van der Waals surface area contributed by atoms with Crippen molar-refractivity contribution in [3.8, 4) is 0 Å². The number of halogens is 1. The normalized spacial score (nSPS) is 10.5. The second-order valence-corrected chi connectivity index (χ2v) is 3.65. The lowest BCUT2D eigenvalue weighted by Gasteiger charge is -1.93. The van der Waals surface area contributed by atoms with Crippen LogP contribution in [0, 0.1) is 0 Å². The molecule has 0 fully saturated rings. The third-order valence-corrected chi connectivity index (χ3v) is 2.73. The standard InChI is InChI=1S/C10H9BrN2O2/c1-15-10(14)8-3-7-2-6(4-11)5-12-9(7)13-8/h2-3,5H,4H2,1H3,(H,12,13). The molecule has 0 saturated heterocycles. The highest BCUT2D eigenvalue weighted by Gasteiger charge is 2.09. The Bertz CT molecular complexity index is 507. The summed E-state index contributed by atoms with van der Waals surface area (Å²) in [6, 6.07) is 3.71. The molecule has 0 aliphatic heterocycles. The summed E-state index contributed by atoms with van der Waals surface area (Å²) in [7, 11) is 1.35. The molecule has 0 spiro atoms. The molecule has 5 heteroatoms. The zero-order chi connectivity index (χ0) is 10.8. The molecule has 15 heavy (non-hydrogen) atoms. The van der Waals surface area contributed by atoms with Crippen molar-refractivity contribution in [2.45, 2.75) is 5.33 Å². The first-order valence-corrected chi connectivity index (χ1v) is 5.48. The van der Waals surface area contributed by atoms with E-state index in [9.17, 15) is 4.79 Å².